The smallest absolute Gasteiger partial charge is 0.307 e. The maximum Gasteiger partial charge on any atom is 0.307 e. The van der Waals surface area contributed by atoms with Crippen LogP contribution in [-0.2, 0) is 21.6 Å². The molecule has 0 radical (unpaired) electrons. The normalized spacial score (nSPS) is 16.9. The second-order valence-electron chi connectivity index (χ2n) is 11.0. The molecule has 0 bridgehead atoms. The molecule has 8 heteroatoms. The third-order valence-corrected chi connectivity index (χ3v) is 7.04. The molecule has 0 unspecified atom stereocenters. The minimum atomic E-state index is -0.434. The number of nitrogens with zero attached hydrogens (tertiary/aromatic N) is 3. The molecule has 0 atom stereocenters. The zero-order valence-corrected chi connectivity index (χ0v) is 22.1. The zero-order chi connectivity index (χ0) is 26.0. The van der Waals surface area contributed by atoms with Crippen molar-refractivity contribution in [3.8, 4) is 22.9 Å². The van der Waals surface area contributed by atoms with Gasteiger partial charge in [-0.15, -0.1) is 0 Å². The lowest BCUT2D eigenvalue weighted by molar-refractivity contribution is -0.155. The number of fused-ring (bicyclic) bond motifs is 2. The van der Waals surface area contributed by atoms with Gasteiger partial charge in [-0.25, -0.2) is 0 Å². The van der Waals surface area contributed by atoms with Crippen molar-refractivity contribution in [2.75, 3.05) is 26.2 Å². The predicted octanol–water partition coefficient (Wildman–Crippen LogP) is 5.08. The first-order valence-corrected chi connectivity index (χ1v) is 12.9. The number of benzene rings is 2. The molecule has 0 saturated carbocycles. The summed E-state index contributed by atoms with van der Waals surface area (Å²) < 4.78 is 22.7. The van der Waals surface area contributed by atoms with Crippen molar-refractivity contribution in [1.82, 2.24) is 15.0 Å². The summed E-state index contributed by atoms with van der Waals surface area (Å²) in [6, 6.07) is 14.2. The lowest BCUT2D eigenvalue weighted by Gasteiger charge is -2.38. The summed E-state index contributed by atoms with van der Waals surface area (Å²) in [5.74, 6) is 2.72. The summed E-state index contributed by atoms with van der Waals surface area (Å²) in [6.45, 7) is 11.3. The fourth-order valence-corrected chi connectivity index (χ4v) is 5.04. The van der Waals surface area contributed by atoms with Gasteiger partial charge in [-0.3, -0.25) is 4.79 Å². The Morgan fingerprint density at radius 2 is 1.86 bits per heavy atom. The highest BCUT2D eigenvalue weighted by atomic mass is 16.6. The number of carbonyl (C=O) groups excluding carboxylic acids is 1. The average molecular weight is 506 g/mol. The summed E-state index contributed by atoms with van der Waals surface area (Å²) in [7, 11) is 0. The Bertz CT molecular complexity index is 1240. The molecule has 2 aliphatic rings. The molecule has 0 N–H and O–H groups in total. The van der Waals surface area contributed by atoms with Crippen LogP contribution >= 0.6 is 0 Å². The molecular formula is C29H35N3O5. The van der Waals surface area contributed by atoms with Gasteiger partial charge in [0, 0.05) is 36.1 Å². The van der Waals surface area contributed by atoms with Crippen LogP contribution < -0.4 is 9.47 Å². The van der Waals surface area contributed by atoms with Gasteiger partial charge in [0.2, 0.25) is 11.7 Å². The van der Waals surface area contributed by atoms with E-state index in [9.17, 15) is 4.79 Å². The van der Waals surface area contributed by atoms with Gasteiger partial charge in [0.25, 0.3) is 0 Å². The summed E-state index contributed by atoms with van der Waals surface area (Å²) in [5, 5.41) is 3.96. The Labute approximate surface area is 217 Å². The molecule has 2 aromatic carbocycles. The van der Waals surface area contributed by atoms with E-state index in [4.69, 9.17) is 18.7 Å². The fourth-order valence-electron chi connectivity index (χ4n) is 5.04. The Balaban J connectivity index is 1.14. The number of hydrogen-bond acceptors (Lipinski definition) is 8. The van der Waals surface area contributed by atoms with Gasteiger partial charge in [-0.1, -0.05) is 35.5 Å². The molecule has 196 valence electrons. The second-order valence-corrected chi connectivity index (χ2v) is 11.0. The third kappa shape index (κ3) is 5.96. The molecule has 1 aromatic heterocycles. The molecule has 37 heavy (non-hydrogen) atoms. The predicted molar refractivity (Wildman–Crippen MR) is 139 cm³/mol. The first-order chi connectivity index (χ1) is 17.7. The van der Waals surface area contributed by atoms with Gasteiger partial charge >= 0.3 is 5.97 Å². The quantitative estimate of drug-likeness (QED) is 0.411. The Kier molecular flexibility index (Phi) is 6.94. The van der Waals surface area contributed by atoms with Crippen LogP contribution in [0.5, 0.6) is 11.5 Å². The SMILES string of the molecule is Cc1nc(-c2ccc(COc3ccc4c(c3)OCC43CCN(CCC(=O)OC(C)(C)C)CC3)cc2)no1. The number of aryl methyl sites for hydroxylation is 1. The van der Waals surface area contributed by atoms with Crippen LogP contribution in [0.4, 0.5) is 0 Å². The van der Waals surface area contributed by atoms with Gasteiger partial charge in [0.15, 0.2) is 0 Å². The minimum Gasteiger partial charge on any atom is -0.492 e. The zero-order valence-electron chi connectivity index (χ0n) is 22.1. The van der Waals surface area contributed by atoms with Crippen molar-refractivity contribution in [3.05, 3.63) is 59.5 Å². The lowest BCUT2D eigenvalue weighted by Crippen LogP contribution is -2.44. The van der Waals surface area contributed by atoms with Crippen LogP contribution in [0.3, 0.4) is 0 Å². The Morgan fingerprint density at radius 3 is 2.54 bits per heavy atom. The molecule has 1 fully saturated rings. The topological polar surface area (TPSA) is 86.9 Å². The molecule has 3 heterocycles. The summed E-state index contributed by atoms with van der Waals surface area (Å²) in [4.78, 5) is 18.7. The number of aromatic nitrogens is 2. The maximum atomic E-state index is 12.1. The molecule has 0 aliphatic carbocycles. The van der Waals surface area contributed by atoms with E-state index >= 15 is 0 Å². The molecule has 2 aliphatic heterocycles. The van der Waals surface area contributed by atoms with Crippen molar-refractivity contribution >= 4 is 5.97 Å². The van der Waals surface area contributed by atoms with E-state index in [1.165, 1.54) is 5.56 Å². The molecule has 5 rings (SSSR count). The summed E-state index contributed by atoms with van der Waals surface area (Å²) >= 11 is 0. The van der Waals surface area contributed by atoms with E-state index in [2.05, 4.69) is 21.1 Å². The number of rotatable bonds is 7. The molecule has 1 saturated heterocycles. The van der Waals surface area contributed by atoms with Crippen molar-refractivity contribution < 1.29 is 23.5 Å². The van der Waals surface area contributed by atoms with Gasteiger partial charge in [-0.05, 0) is 58.3 Å². The first kappa shape index (κ1) is 25.3. The third-order valence-electron chi connectivity index (χ3n) is 7.04. The average Bonchev–Trinajstić information content (AvgIpc) is 3.45. The van der Waals surface area contributed by atoms with E-state index in [1.54, 1.807) is 6.92 Å². The van der Waals surface area contributed by atoms with Crippen LogP contribution in [-0.4, -0.2) is 52.9 Å². The number of hydrogen-bond donors (Lipinski definition) is 0. The van der Waals surface area contributed by atoms with Crippen LogP contribution in [0.2, 0.25) is 0 Å². The molecule has 3 aromatic rings. The summed E-state index contributed by atoms with van der Waals surface area (Å²) in [5.41, 5.74) is 2.84. The summed E-state index contributed by atoms with van der Waals surface area (Å²) in [6.07, 6.45) is 2.46. The molecule has 1 spiro atoms. The number of ether oxygens (including phenoxy) is 3. The van der Waals surface area contributed by atoms with Gasteiger partial charge in [0.05, 0.1) is 13.0 Å². The van der Waals surface area contributed by atoms with E-state index in [-0.39, 0.29) is 11.4 Å². The first-order valence-electron chi connectivity index (χ1n) is 12.9. The van der Waals surface area contributed by atoms with E-state index < -0.39 is 5.60 Å². The van der Waals surface area contributed by atoms with E-state index in [0.717, 1.165) is 55.1 Å². The van der Waals surface area contributed by atoms with E-state index in [1.807, 2.05) is 57.2 Å². The van der Waals surface area contributed by atoms with Crippen molar-refractivity contribution in [2.24, 2.45) is 0 Å². The highest BCUT2D eigenvalue weighted by Gasteiger charge is 2.43. The molecule has 0 amide bonds. The number of esters is 1. The lowest BCUT2D eigenvalue weighted by atomic mass is 9.74. The van der Waals surface area contributed by atoms with Gasteiger partial charge < -0.3 is 23.6 Å². The van der Waals surface area contributed by atoms with Crippen LogP contribution in [0.25, 0.3) is 11.4 Å². The maximum absolute atomic E-state index is 12.1. The van der Waals surface area contributed by atoms with Crippen LogP contribution in [0, 0.1) is 6.92 Å². The van der Waals surface area contributed by atoms with Crippen molar-refractivity contribution in [2.45, 2.75) is 64.6 Å². The highest BCUT2D eigenvalue weighted by Crippen LogP contribution is 2.46. The highest BCUT2D eigenvalue weighted by molar-refractivity contribution is 5.70. The van der Waals surface area contributed by atoms with Gasteiger partial charge in [-0.2, -0.15) is 4.98 Å². The Hall–Kier alpha value is -3.39. The van der Waals surface area contributed by atoms with Crippen molar-refractivity contribution in [3.63, 3.8) is 0 Å². The standard InChI is InChI=1S/C29H35N3O5/c1-20-30-27(31-37-20)22-7-5-21(6-8-22)18-34-23-9-10-24-25(17-23)35-19-29(24)12-15-32(16-13-29)14-11-26(33)36-28(2,3)4/h5-10,17H,11-16,18-19H2,1-4H3. The number of piperidine rings is 1. The number of likely N-dealkylation sites (tertiary alicyclic amines) is 1. The second kappa shape index (κ2) is 10.2. The number of carbonyl (C=O) groups is 1. The van der Waals surface area contributed by atoms with Crippen LogP contribution in [0.1, 0.15) is 57.1 Å². The largest absolute Gasteiger partial charge is 0.492 e. The molecule has 8 nitrogen and oxygen atoms in total. The Morgan fingerprint density at radius 1 is 1.11 bits per heavy atom. The minimum absolute atomic E-state index is 0.0413. The van der Waals surface area contributed by atoms with E-state index in [0.29, 0.717) is 31.3 Å². The van der Waals surface area contributed by atoms with Crippen LogP contribution in [0.15, 0.2) is 47.0 Å². The van der Waals surface area contributed by atoms with Crippen molar-refractivity contribution in [1.29, 1.82) is 0 Å². The monoisotopic (exact) mass is 505 g/mol. The molecular weight excluding hydrogens is 470 g/mol. The fraction of sp³-hybridized carbons (Fsp3) is 0.483. The van der Waals surface area contributed by atoms with Gasteiger partial charge in [0.1, 0.15) is 23.7 Å².